The van der Waals surface area contributed by atoms with Gasteiger partial charge in [0.15, 0.2) is 0 Å². The van der Waals surface area contributed by atoms with E-state index >= 15 is 0 Å². The van der Waals surface area contributed by atoms with Gasteiger partial charge in [-0.05, 0) is 48.6 Å². The van der Waals surface area contributed by atoms with E-state index in [0.717, 1.165) is 24.9 Å². The number of hydrogen-bond acceptors (Lipinski definition) is 2. The number of rotatable bonds is 3. The fourth-order valence-electron chi connectivity index (χ4n) is 3.58. The molecule has 2 aromatic rings. The molecule has 130 valence electrons. The van der Waals surface area contributed by atoms with Crippen molar-refractivity contribution in [2.24, 2.45) is 0 Å². The summed E-state index contributed by atoms with van der Waals surface area (Å²) in [5.74, 6) is -0.112. The maximum absolute atomic E-state index is 13.1. The van der Waals surface area contributed by atoms with Gasteiger partial charge in [-0.2, -0.15) is 0 Å². The lowest BCUT2D eigenvalue weighted by Gasteiger charge is -2.37. The van der Waals surface area contributed by atoms with Gasteiger partial charge >= 0.3 is 0 Å². The summed E-state index contributed by atoms with van der Waals surface area (Å²) in [6, 6.07) is 14.0. The standard InChI is InChI=1S/C21H24N2O2/c1-4-20-18-8-6-5-7-16(18)11-12-23(20)21(25)17-10-9-14(2)19(13-17)22-15(3)24/h5-10,13,20H,4,11-12H2,1-3H3,(H,22,24). The topological polar surface area (TPSA) is 49.4 Å². The summed E-state index contributed by atoms with van der Waals surface area (Å²) >= 11 is 0. The molecule has 3 rings (SSSR count). The molecule has 0 aliphatic carbocycles. The van der Waals surface area contributed by atoms with E-state index in [1.54, 1.807) is 6.07 Å². The van der Waals surface area contributed by atoms with E-state index in [4.69, 9.17) is 0 Å². The van der Waals surface area contributed by atoms with Crippen LogP contribution in [0.25, 0.3) is 0 Å². The van der Waals surface area contributed by atoms with Gasteiger partial charge in [-0.1, -0.05) is 37.3 Å². The van der Waals surface area contributed by atoms with Gasteiger partial charge in [0.2, 0.25) is 5.91 Å². The molecule has 2 amide bonds. The predicted octanol–water partition coefficient (Wildman–Crippen LogP) is 4.10. The van der Waals surface area contributed by atoms with Crippen molar-refractivity contribution in [1.82, 2.24) is 4.90 Å². The molecule has 4 heteroatoms. The van der Waals surface area contributed by atoms with Gasteiger partial charge in [0.1, 0.15) is 0 Å². The van der Waals surface area contributed by atoms with Crippen molar-refractivity contribution in [3.8, 4) is 0 Å². The minimum absolute atomic E-state index is 0.0213. The molecule has 0 spiro atoms. The molecule has 0 bridgehead atoms. The molecule has 0 saturated heterocycles. The maximum atomic E-state index is 13.1. The number of carbonyl (C=O) groups excluding carboxylic acids is 2. The summed E-state index contributed by atoms with van der Waals surface area (Å²) in [6.45, 7) is 6.23. The minimum Gasteiger partial charge on any atom is -0.331 e. The number of benzene rings is 2. The van der Waals surface area contributed by atoms with Gasteiger partial charge in [0.25, 0.3) is 5.91 Å². The molecule has 1 unspecified atom stereocenters. The Morgan fingerprint density at radius 3 is 2.68 bits per heavy atom. The van der Waals surface area contributed by atoms with Gasteiger partial charge in [0, 0.05) is 24.7 Å². The van der Waals surface area contributed by atoms with Crippen LogP contribution in [0.4, 0.5) is 5.69 Å². The highest BCUT2D eigenvalue weighted by Gasteiger charge is 2.30. The smallest absolute Gasteiger partial charge is 0.254 e. The molecule has 0 fully saturated rings. The van der Waals surface area contributed by atoms with Crippen molar-refractivity contribution in [3.63, 3.8) is 0 Å². The third-order valence-electron chi connectivity index (χ3n) is 4.86. The first-order chi connectivity index (χ1) is 12.0. The average molecular weight is 336 g/mol. The van der Waals surface area contributed by atoms with Gasteiger partial charge in [-0.3, -0.25) is 9.59 Å². The first-order valence-electron chi connectivity index (χ1n) is 8.78. The van der Waals surface area contributed by atoms with E-state index in [-0.39, 0.29) is 17.9 Å². The largest absolute Gasteiger partial charge is 0.331 e. The highest BCUT2D eigenvalue weighted by Crippen LogP contribution is 2.33. The normalized spacial score (nSPS) is 16.3. The maximum Gasteiger partial charge on any atom is 0.254 e. The van der Waals surface area contributed by atoms with Crippen LogP contribution in [-0.4, -0.2) is 23.3 Å². The molecule has 0 saturated carbocycles. The van der Waals surface area contributed by atoms with E-state index in [1.165, 1.54) is 18.1 Å². The van der Waals surface area contributed by atoms with E-state index < -0.39 is 0 Å². The molecule has 0 radical (unpaired) electrons. The molecule has 1 atom stereocenters. The summed E-state index contributed by atoms with van der Waals surface area (Å²) in [5.41, 5.74) is 4.85. The van der Waals surface area contributed by atoms with Gasteiger partial charge in [0.05, 0.1) is 6.04 Å². The molecule has 1 heterocycles. The zero-order valence-electron chi connectivity index (χ0n) is 15.0. The third-order valence-corrected chi connectivity index (χ3v) is 4.86. The number of amides is 2. The number of fused-ring (bicyclic) bond motifs is 1. The third kappa shape index (κ3) is 3.43. The Morgan fingerprint density at radius 1 is 1.20 bits per heavy atom. The molecule has 2 aromatic carbocycles. The molecule has 25 heavy (non-hydrogen) atoms. The van der Waals surface area contributed by atoms with Crippen LogP contribution in [0.5, 0.6) is 0 Å². The summed E-state index contributed by atoms with van der Waals surface area (Å²) < 4.78 is 0. The second-order valence-electron chi connectivity index (χ2n) is 6.58. The van der Waals surface area contributed by atoms with Crippen LogP contribution in [0.1, 0.15) is 53.4 Å². The lowest BCUT2D eigenvalue weighted by molar-refractivity contribution is -0.114. The van der Waals surface area contributed by atoms with E-state index in [1.807, 2.05) is 30.0 Å². The second-order valence-corrected chi connectivity index (χ2v) is 6.58. The van der Waals surface area contributed by atoms with Crippen molar-refractivity contribution >= 4 is 17.5 Å². The van der Waals surface area contributed by atoms with Crippen LogP contribution < -0.4 is 5.32 Å². The monoisotopic (exact) mass is 336 g/mol. The Morgan fingerprint density at radius 2 is 1.96 bits per heavy atom. The number of nitrogens with zero attached hydrogens (tertiary/aromatic N) is 1. The molecule has 4 nitrogen and oxygen atoms in total. The van der Waals surface area contributed by atoms with Crippen LogP contribution in [0.3, 0.4) is 0 Å². The molecule has 1 aliphatic rings. The highest BCUT2D eigenvalue weighted by atomic mass is 16.2. The van der Waals surface area contributed by atoms with Crippen molar-refractivity contribution in [3.05, 3.63) is 64.7 Å². The summed E-state index contributed by atoms with van der Waals surface area (Å²) in [5, 5.41) is 2.80. The SMILES string of the molecule is CCC1c2ccccc2CCN1C(=O)c1ccc(C)c(NC(C)=O)c1. The first kappa shape index (κ1) is 17.2. The predicted molar refractivity (Wildman–Crippen MR) is 99.7 cm³/mol. The Bertz CT molecular complexity index is 813. The van der Waals surface area contributed by atoms with E-state index in [0.29, 0.717) is 11.3 Å². The van der Waals surface area contributed by atoms with Gasteiger partial charge in [-0.25, -0.2) is 0 Å². The highest BCUT2D eigenvalue weighted by molar-refractivity contribution is 5.97. The lowest BCUT2D eigenvalue weighted by atomic mass is 9.90. The van der Waals surface area contributed by atoms with Crippen LogP contribution in [0, 0.1) is 6.92 Å². The fraction of sp³-hybridized carbons (Fsp3) is 0.333. The number of hydrogen-bond donors (Lipinski definition) is 1. The molecular weight excluding hydrogens is 312 g/mol. The molecule has 1 N–H and O–H groups in total. The Hall–Kier alpha value is -2.62. The zero-order chi connectivity index (χ0) is 18.0. The van der Waals surface area contributed by atoms with Crippen LogP contribution >= 0.6 is 0 Å². The number of nitrogens with one attached hydrogen (secondary N) is 1. The van der Waals surface area contributed by atoms with Crippen molar-refractivity contribution in [1.29, 1.82) is 0 Å². The minimum atomic E-state index is -0.133. The average Bonchev–Trinajstić information content (AvgIpc) is 2.61. The summed E-state index contributed by atoms with van der Waals surface area (Å²) in [6.07, 6.45) is 1.76. The van der Waals surface area contributed by atoms with Gasteiger partial charge < -0.3 is 10.2 Å². The number of carbonyl (C=O) groups is 2. The van der Waals surface area contributed by atoms with Crippen LogP contribution in [0.2, 0.25) is 0 Å². The Kier molecular flexibility index (Phi) is 4.88. The van der Waals surface area contributed by atoms with Crippen molar-refractivity contribution in [2.75, 3.05) is 11.9 Å². The molecular formula is C21H24N2O2. The Labute approximate surface area is 148 Å². The Balaban J connectivity index is 1.92. The van der Waals surface area contributed by atoms with Gasteiger partial charge in [-0.15, -0.1) is 0 Å². The van der Waals surface area contributed by atoms with Crippen LogP contribution in [-0.2, 0) is 11.2 Å². The number of aryl methyl sites for hydroxylation is 1. The van der Waals surface area contributed by atoms with E-state index in [9.17, 15) is 9.59 Å². The second kappa shape index (κ2) is 7.09. The summed E-state index contributed by atoms with van der Waals surface area (Å²) in [4.78, 5) is 26.5. The van der Waals surface area contributed by atoms with Crippen molar-refractivity contribution in [2.45, 2.75) is 39.7 Å². The van der Waals surface area contributed by atoms with Crippen molar-refractivity contribution < 1.29 is 9.59 Å². The molecule has 1 aliphatic heterocycles. The number of anilines is 1. The zero-order valence-corrected chi connectivity index (χ0v) is 15.0. The van der Waals surface area contributed by atoms with Crippen LogP contribution in [0.15, 0.2) is 42.5 Å². The summed E-state index contributed by atoms with van der Waals surface area (Å²) in [7, 11) is 0. The quantitative estimate of drug-likeness (QED) is 0.917. The van der Waals surface area contributed by atoms with E-state index in [2.05, 4.69) is 30.4 Å². The molecule has 0 aromatic heterocycles. The lowest BCUT2D eigenvalue weighted by Crippen LogP contribution is -2.39. The fourth-order valence-corrected chi connectivity index (χ4v) is 3.58. The first-order valence-corrected chi connectivity index (χ1v) is 8.78.